The van der Waals surface area contributed by atoms with Gasteiger partial charge >= 0.3 is 0 Å². The van der Waals surface area contributed by atoms with Crippen LogP contribution in [0.4, 0.5) is 10.2 Å². The zero-order valence-corrected chi connectivity index (χ0v) is 9.68. The molecule has 0 aliphatic rings. The number of halogens is 2. The molecule has 1 aromatic heterocycles. The predicted molar refractivity (Wildman–Crippen MR) is 62.7 cm³/mol. The summed E-state index contributed by atoms with van der Waals surface area (Å²) in [7, 11) is 0. The topological polar surface area (TPSA) is 57.8 Å². The Hall–Kier alpha value is -1.88. The van der Waals surface area contributed by atoms with Gasteiger partial charge in [0, 0.05) is 11.1 Å². The lowest BCUT2D eigenvalue weighted by Crippen LogP contribution is -2.13. The van der Waals surface area contributed by atoms with Crippen molar-refractivity contribution in [3.8, 4) is 0 Å². The third kappa shape index (κ3) is 2.45. The summed E-state index contributed by atoms with van der Waals surface area (Å²) in [6, 6.07) is 3.79. The fourth-order valence-corrected chi connectivity index (χ4v) is 1.48. The first-order valence-corrected chi connectivity index (χ1v) is 5.22. The van der Waals surface area contributed by atoms with E-state index in [2.05, 4.69) is 15.5 Å². The van der Waals surface area contributed by atoms with E-state index in [1.54, 1.807) is 13.1 Å². The minimum atomic E-state index is -0.555. The number of aryl methyl sites for hydroxylation is 1. The van der Waals surface area contributed by atoms with Crippen LogP contribution in [0.25, 0.3) is 0 Å². The zero-order valence-electron chi connectivity index (χ0n) is 8.92. The molecule has 0 fully saturated rings. The molecule has 88 valence electrons. The summed E-state index contributed by atoms with van der Waals surface area (Å²) < 4.78 is 12.9. The Kier molecular flexibility index (Phi) is 3.10. The molecule has 17 heavy (non-hydrogen) atoms. The van der Waals surface area contributed by atoms with Crippen LogP contribution in [0.1, 0.15) is 15.9 Å². The average Bonchev–Trinajstić information content (AvgIpc) is 2.68. The summed E-state index contributed by atoms with van der Waals surface area (Å²) in [6.07, 6.45) is 1.59. The first kappa shape index (κ1) is 11.6. The Balaban J connectivity index is 2.20. The van der Waals surface area contributed by atoms with Crippen molar-refractivity contribution in [2.24, 2.45) is 0 Å². The summed E-state index contributed by atoms with van der Waals surface area (Å²) in [5.41, 5.74) is 1.09. The molecule has 0 aliphatic heterocycles. The molecule has 2 aromatic rings. The SMILES string of the molecule is Cc1cn[nH]c1NC(=O)c1ccc(F)c(Cl)c1. The third-order valence-corrected chi connectivity index (χ3v) is 2.54. The molecule has 0 bridgehead atoms. The largest absolute Gasteiger partial charge is 0.307 e. The first-order valence-electron chi connectivity index (χ1n) is 4.84. The smallest absolute Gasteiger partial charge is 0.256 e. The number of hydrogen-bond acceptors (Lipinski definition) is 2. The number of aromatic amines is 1. The van der Waals surface area contributed by atoms with Gasteiger partial charge in [-0.05, 0) is 25.1 Å². The van der Waals surface area contributed by atoms with Crippen LogP contribution in [0.2, 0.25) is 5.02 Å². The van der Waals surface area contributed by atoms with Crippen LogP contribution in [0, 0.1) is 12.7 Å². The molecule has 0 unspecified atom stereocenters. The van der Waals surface area contributed by atoms with Gasteiger partial charge in [0.25, 0.3) is 5.91 Å². The minimum Gasteiger partial charge on any atom is -0.307 e. The van der Waals surface area contributed by atoms with Gasteiger partial charge in [0.2, 0.25) is 0 Å². The lowest BCUT2D eigenvalue weighted by atomic mass is 10.2. The highest BCUT2D eigenvalue weighted by molar-refractivity contribution is 6.31. The monoisotopic (exact) mass is 253 g/mol. The Bertz CT molecular complexity index is 568. The number of carbonyl (C=O) groups excluding carboxylic acids is 1. The normalized spacial score (nSPS) is 10.3. The van der Waals surface area contributed by atoms with Crippen LogP contribution in [0.3, 0.4) is 0 Å². The van der Waals surface area contributed by atoms with E-state index in [1.165, 1.54) is 12.1 Å². The summed E-state index contributed by atoms with van der Waals surface area (Å²) in [5, 5.41) is 8.95. The van der Waals surface area contributed by atoms with Crippen LogP contribution < -0.4 is 5.32 Å². The van der Waals surface area contributed by atoms with Gasteiger partial charge in [0.15, 0.2) is 0 Å². The molecular weight excluding hydrogens is 245 g/mol. The van der Waals surface area contributed by atoms with Crippen molar-refractivity contribution in [1.82, 2.24) is 10.2 Å². The molecule has 0 aliphatic carbocycles. The number of hydrogen-bond donors (Lipinski definition) is 2. The molecule has 6 heteroatoms. The number of H-pyrrole nitrogens is 1. The highest BCUT2D eigenvalue weighted by atomic mass is 35.5. The number of nitrogens with one attached hydrogen (secondary N) is 2. The lowest BCUT2D eigenvalue weighted by molar-refractivity contribution is 0.102. The van der Waals surface area contributed by atoms with E-state index in [0.29, 0.717) is 5.82 Å². The van der Waals surface area contributed by atoms with Crippen molar-refractivity contribution >= 4 is 23.3 Å². The van der Waals surface area contributed by atoms with Crippen LogP contribution >= 0.6 is 11.6 Å². The molecular formula is C11H9ClFN3O. The van der Waals surface area contributed by atoms with Gasteiger partial charge in [0.05, 0.1) is 11.2 Å². The third-order valence-electron chi connectivity index (χ3n) is 2.25. The Morgan fingerprint density at radius 3 is 2.88 bits per heavy atom. The van der Waals surface area contributed by atoms with Gasteiger partial charge < -0.3 is 5.32 Å². The Labute approximate surface area is 102 Å². The molecule has 2 rings (SSSR count). The van der Waals surface area contributed by atoms with E-state index >= 15 is 0 Å². The van der Waals surface area contributed by atoms with Crippen molar-refractivity contribution in [2.75, 3.05) is 5.32 Å². The van der Waals surface area contributed by atoms with E-state index < -0.39 is 5.82 Å². The van der Waals surface area contributed by atoms with Crippen LogP contribution in [-0.2, 0) is 0 Å². The maximum atomic E-state index is 12.9. The fraction of sp³-hybridized carbons (Fsp3) is 0.0909. The number of aromatic nitrogens is 2. The lowest BCUT2D eigenvalue weighted by Gasteiger charge is -2.04. The summed E-state index contributed by atoms with van der Waals surface area (Å²) >= 11 is 5.60. The number of nitrogens with zero attached hydrogens (tertiary/aromatic N) is 1. The highest BCUT2D eigenvalue weighted by Gasteiger charge is 2.10. The second-order valence-electron chi connectivity index (χ2n) is 3.51. The highest BCUT2D eigenvalue weighted by Crippen LogP contribution is 2.17. The van der Waals surface area contributed by atoms with E-state index in [4.69, 9.17) is 11.6 Å². The molecule has 4 nitrogen and oxygen atoms in total. The van der Waals surface area contributed by atoms with Crippen molar-refractivity contribution < 1.29 is 9.18 Å². The van der Waals surface area contributed by atoms with Gasteiger partial charge in [-0.2, -0.15) is 5.10 Å². The molecule has 2 N–H and O–H groups in total. The predicted octanol–water partition coefficient (Wildman–Crippen LogP) is 2.76. The van der Waals surface area contributed by atoms with Gasteiger partial charge in [-0.25, -0.2) is 4.39 Å². The quantitative estimate of drug-likeness (QED) is 0.865. The van der Waals surface area contributed by atoms with Crippen molar-refractivity contribution in [3.05, 3.63) is 46.4 Å². The Morgan fingerprint density at radius 1 is 1.53 bits per heavy atom. The fourth-order valence-electron chi connectivity index (χ4n) is 1.30. The molecule has 1 amide bonds. The second kappa shape index (κ2) is 4.55. The molecule has 1 heterocycles. The average molecular weight is 254 g/mol. The maximum absolute atomic E-state index is 12.9. The van der Waals surface area contributed by atoms with E-state index in [1.807, 2.05) is 0 Å². The summed E-state index contributed by atoms with van der Waals surface area (Å²) in [4.78, 5) is 11.8. The Morgan fingerprint density at radius 2 is 2.29 bits per heavy atom. The molecule has 0 saturated carbocycles. The van der Waals surface area contributed by atoms with Gasteiger partial charge in [-0.15, -0.1) is 0 Å². The number of rotatable bonds is 2. The van der Waals surface area contributed by atoms with E-state index in [0.717, 1.165) is 11.6 Å². The molecule has 0 atom stereocenters. The molecule has 0 saturated heterocycles. The molecule has 1 aromatic carbocycles. The number of amides is 1. The van der Waals surface area contributed by atoms with Crippen molar-refractivity contribution in [1.29, 1.82) is 0 Å². The summed E-state index contributed by atoms with van der Waals surface area (Å²) in [6.45, 7) is 1.80. The van der Waals surface area contributed by atoms with Gasteiger partial charge in [0.1, 0.15) is 11.6 Å². The maximum Gasteiger partial charge on any atom is 0.256 e. The molecule has 0 spiro atoms. The van der Waals surface area contributed by atoms with Crippen LogP contribution in [0.5, 0.6) is 0 Å². The van der Waals surface area contributed by atoms with Gasteiger partial charge in [-0.1, -0.05) is 11.6 Å². The number of benzene rings is 1. The number of carbonyl (C=O) groups is 1. The van der Waals surface area contributed by atoms with E-state index in [9.17, 15) is 9.18 Å². The van der Waals surface area contributed by atoms with Crippen LogP contribution in [-0.4, -0.2) is 16.1 Å². The zero-order chi connectivity index (χ0) is 12.4. The summed E-state index contributed by atoms with van der Waals surface area (Å²) in [5.74, 6) is -0.421. The first-order chi connectivity index (χ1) is 8.08. The van der Waals surface area contributed by atoms with E-state index in [-0.39, 0.29) is 16.5 Å². The number of anilines is 1. The van der Waals surface area contributed by atoms with Crippen molar-refractivity contribution in [2.45, 2.75) is 6.92 Å². The molecule has 0 radical (unpaired) electrons. The van der Waals surface area contributed by atoms with Crippen LogP contribution in [0.15, 0.2) is 24.4 Å². The minimum absolute atomic E-state index is 0.0843. The second-order valence-corrected chi connectivity index (χ2v) is 3.92. The standard InChI is InChI=1S/C11H9ClFN3O/c1-6-5-14-16-10(6)15-11(17)7-2-3-9(13)8(12)4-7/h2-5H,1H3,(H2,14,15,16,17). The van der Waals surface area contributed by atoms with Gasteiger partial charge in [-0.3, -0.25) is 9.89 Å². The van der Waals surface area contributed by atoms with Crippen molar-refractivity contribution in [3.63, 3.8) is 0 Å².